The Morgan fingerprint density at radius 3 is 2.80 bits per heavy atom. The van der Waals surface area contributed by atoms with Crippen LogP contribution < -0.4 is 0 Å². The Balaban J connectivity index is 2.59. The highest BCUT2D eigenvalue weighted by Gasteiger charge is 2.07. The molecule has 0 N–H and O–H groups in total. The molecule has 2 rings (SSSR count). The highest BCUT2D eigenvalue weighted by atomic mass is 33.1. The second-order valence-electron chi connectivity index (χ2n) is 2.22. The lowest BCUT2D eigenvalue weighted by Crippen LogP contribution is -1.71. The zero-order chi connectivity index (χ0) is 6.97. The molecule has 1 atom stereocenters. The molecule has 0 saturated carbocycles. The first-order valence-corrected chi connectivity index (χ1v) is 5.69. The molecule has 52 valence electrons. The maximum absolute atomic E-state index is 4.45. The molecular weight excluding hydrogens is 160 g/mol. The second-order valence-corrected chi connectivity index (χ2v) is 4.98. The van der Waals surface area contributed by atoms with Crippen molar-refractivity contribution in [2.24, 2.45) is 0 Å². The van der Waals surface area contributed by atoms with Crippen molar-refractivity contribution in [1.29, 1.82) is 0 Å². The Kier molecular flexibility index (Phi) is 1.51. The SMILES string of the molecule is S[SH]1C=Cc2ccccc21. The van der Waals surface area contributed by atoms with Crippen molar-refractivity contribution in [1.82, 2.24) is 0 Å². The van der Waals surface area contributed by atoms with Crippen LogP contribution in [0, 0.1) is 0 Å². The predicted octanol–water partition coefficient (Wildman–Crippen LogP) is 2.88. The Morgan fingerprint density at radius 2 is 2.00 bits per heavy atom. The molecule has 0 fully saturated rings. The van der Waals surface area contributed by atoms with Crippen LogP contribution in [0.5, 0.6) is 0 Å². The minimum atomic E-state index is -0.267. The summed E-state index contributed by atoms with van der Waals surface area (Å²) in [6.45, 7) is 0. The molecule has 1 heterocycles. The van der Waals surface area contributed by atoms with Crippen LogP contribution in [0.2, 0.25) is 0 Å². The van der Waals surface area contributed by atoms with Gasteiger partial charge in [-0.05, 0) is 23.1 Å². The Bertz CT molecular complexity index is 278. The van der Waals surface area contributed by atoms with Gasteiger partial charge in [-0.1, -0.05) is 18.2 Å². The summed E-state index contributed by atoms with van der Waals surface area (Å²) in [5.74, 6) is 0. The van der Waals surface area contributed by atoms with Crippen LogP contribution in [0.15, 0.2) is 34.6 Å². The normalized spacial score (nSPS) is 24.7. The lowest BCUT2D eigenvalue weighted by molar-refractivity contribution is 1.44. The van der Waals surface area contributed by atoms with Gasteiger partial charge >= 0.3 is 0 Å². The summed E-state index contributed by atoms with van der Waals surface area (Å²) in [4.78, 5) is 1.39. The van der Waals surface area contributed by atoms with Crippen LogP contribution >= 0.6 is 21.6 Å². The van der Waals surface area contributed by atoms with E-state index in [1.54, 1.807) is 0 Å². The summed E-state index contributed by atoms with van der Waals surface area (Å²) in [6.07, 6.45) is 2.15. The second kappa shape index (κ2) is 2.36. The van der Waals surface area contributed by atoms with Crippen molar-refractivity contribution in [3.05, 3.63) is 35.2 Å². The minimum Gasteiger partial charge on any atom is -0.159 e. The van der Waals surface area contributed by atoms with Crippen molar-refractivity contribution in [2.75, 3.05) is 0 Å². The Labute approximate surface area is 68.1 Å². The fourth-order valence-corrected chi connectivity index (χ4v) is 2.93. The summed E-state index contributed by atoms with van der Waals surface area (Å²) < 4.78 is 0. The molecule has 0 nitrogen and oxygen atoms in total. The van der Waals surface area contributed by atoms with E-state index >= 15 is 0 Å². The molecule has 0 spiro atoms. The molecule has 0 bridgehead atoms. The van der Waals surface area contributed by atoms with Crippen LogP contribution in [0.4, 0.5) is 0 Å². The van der Waals surface area contributed by atoms with E-state index in [-0.39, 0.29) is 9.93 Å². The summed E-state index contributed by atoms with van der Waals surface area (Å²) in [5, 5.41) is 2.17. The van der Waals surface area contributed by atoms with E-state index in [2.05, 4.69) is 47.4 Å². The molecule has 1 aromatic rings. The fraction of sp³-hybridized carbons (Fsp3) is 0. The third kappa shape index (κ3) is 0.879. The third-order valence-electron chi connectivity index (χ3n) is 1.58. The van der Waals surface area contributed by atoms with Crippen molar-refractivity contribution in [2.45, 2.75) is 4.90 Å². The molecule has 10 heavy (non-hydrogen) atoms. The molecule has 1 aliphatic rings. The van der Waals surface area contributed by atoms with E-state index < -0.39 is 0 Å². The van der Waals surface area contributed by atoms with Crippen molar-refractivity contribution < 1.29 is 0 Å². The van der Waals surface area contributed by atoms with Crippen LogP contribution in [-0.2, 0) is 0 Å². The van der Waals surface area contributed by atoms with Gasteiger partial charge < -0.3 is 0 Å². The maximum atomic E-state index is 4.45. The fourth-order valence-electron chi connectivity index (χ4n) is 1.07. The summed E-state index contributed by atoms with van der Waals surface area (Å²) >= 11 is 4.45. The van der Waals surface area contributed by atoms with Gasteiger partial charge in [-0.15, -0.1) is 11.7 Å². The molecule has 0 amide bonds. The summed E-state index contributed by atoms with van der Waals surface area (Å²) in [7, 11) is -0.267. The molecule has 1 aliphatic heterocycles. The summed E-state index contributed by atoms with van der Waals surface area (Å²) in [5.41, 5.74) is 1.34. The lowest BCUT2D eigenvalue weighted by atomic mass is 10.2. The van der Waals surface area contributed by atoms with E-state index in [1.807, 2.05) is 0 Å². The van der Waals surface area contributed by atoms with Crippen LogP contribution in [0.3, 0.4) is 0 Å². The number of hydrogen-bond donors (Lipinski definition) is 2. The van der Waals surface area contributed by atoms with Crippen molar-refractivity contribution in [3.8, 4) is 0 Å². The van der Waals surface area contributed by atoms with E-state index in [1.165, 1.54) is 10.5 Å². The quantitative estimate of drug-likeness (QED) is 0.432. The van der Waals surface area contributed by atoms with Gasteiger partial charge in [-0.3, -0.25) is 0 Å². The van der Waals surface area contributed by atoms with E-state index in [4.69, 9.17) is 0 Å². The van der Waals surface area contributed by atoms with Gasteiger partial charge in [0.2, 0.25) is 0 Å². The van der Waals surface area contributed by atoms with E-state index in [0.717, 1.165) is 0 Å². The Hall–Kier alpha value is -0.340. The van der Waals surface area contributed by atoms with Gasteiger partial charge in [-0.2, -0.15) is 9.93 Å². The van der Waals surface area contributed by atoms with Crippen LogP contribution in [0.25, 0.3) is 6.08 Å². The van der Waals surface area contributed by atoms with Gasteiger partial charge in [0.1, 0.15) is 0 Å². The number of benzene rings is 1. The van der Waals surface area contributed by atoms with Gasteiger partial charge in [0.15, 0.2) is 0 Å². The first kappa shape index (κ1) is 6.38. The summed E-state index contributed by atoms with van der Waals surface area (Å²) in [6, 6.07) is 8.40. The van der Waals surface area contributed by atoms with Gasteiger partial charge in [0, 0.05) is 4.90 Å². The maximum Gasteiger partial charge on any atom is 0.00688 e. The van der Waals surface area contributed by atoms with Gasteiger partial charge in [0.25, 0.3) is 0 Å². The van der Waals surface area contributed by atoms with Crippen molar-refractivity contribution in [3.63, 3.8) is 0 Å². The molecule has 2 heteroatoms. The Morgan fingerprint density at radius 1 is 1.20 bits per heavy atom. The molecule has 1 unspecified atom stereocenters. The van der Waals surface area contributed by atoms with Gasteiger partial charge in [-0.25, -0.2) is 0 Å². The number of fused-ring (bicyclic) bond motifs is 1. The van der Waals surface area contributed by atoms with Crippen LogP contribution in [0.1, 0.15) is 5.56 Å². The number of hydrogen-bond acceptors (Lipinski definition) is 1. The highest BCUT2D eigenvalue weighted by Crippen LogP contribution is 2.48. The average molecular weight is 168 g/mol. The largest absolute Gasteiger partial charge is 0.159 e. The smallest absolute Gasteiger partial charge is 0.00688 e. The topological polar surface area (TPSA) is 0 Å². The van der Waals surface area contributed by atoms with E-state index in [0.29, 0.717) is 0 Å². The van der Waals surface area contributed by atoms with Gasteiger partial charge in [0.05, 0.1) is 0 Å². The molecular formula is C8H8S2. The number of rotatable bonds is 0. The minimum absolute atomic E-state index is 0.267. The monoisotopic (exact) mass is 168 g/mol. The average Bonchev–Trinajstić information content (AvgIpc) is 2.34. The zero-order valence-electron chi connectivity index (χ0n) is 5.36. The molecule has 0 saturated heterocycles. The predicted molar refractivity (Wildman–Crippen MR) is 51.7 cm³/mol. The third-order valence-corrected chi connectivity index (χ3v) is 3.96. The molecule has 0 radical (unpaired) electrons. The van der Waals surface area contributed by atoms with Crippen LogP contribution in [-0.4, -0.2) is 0 Å². The lowest BCUT2D eigenvalue weighted by Gasteiger charge is -2.04. The number of thiol groups is 2. The molecule has 0 aromatic heterocycles. The highest BCUT2D eigenvalue weighted by molar-refractivity contribution is 8.79. The zero-order valence-corrected chi connectivity index (χ0v) is 7.15. The first-order chi connectivity index (χ1) is 4.88. The first-order valence-electron chi connectivity index (χ1n) is 3.13. The standard InChI is InChI=1S/C8H8S2/c9-10-6-5-7-3-1-2-4-8(7)10/h1-6,9-10H. The molecule has 0 aliphatic carbocycles. The molecule has 1 aromatic carbocycles. The van der Waals surface area contributed by atoms with Crippen molar-refractivity contribution >= 4 is 27.7 Å². The van der Waals surface area contributed by atoms with E-state index in [9.17, 15) is 0 Å².